The Morgan fingerprint density at radius 1 is 0.947 bits per heavy atom. The predicted molar refractivity (Wildman–Crippen MR) is 85.2 cm³/mol. The van der Waals surface area contributed by atoms with Gasteiger partial charge in [-0.25, -0.2) is 4.39 Å². The topological polar surface area (TPSA) is 9.23 Å². The summed E-state index contributed by atoms with van der Waals surface area (Å²) in [6.45, 7) is 0.201. The highest BCUT2D eigenvalue weighted by Crippen LogP contribution is 2.26. The van der Waals surface area contributed by atoms with Crippen LogP contribution in [0.2, 0.25) is 0 Å². The first-order chi connectivity index (χ1) is 9.10. The molecule has 0 saturated carbocycles. The van der Waals surface area contributed by atoms with Crippen LogP contribution in [0.25, 0.3) is 0 Å². The van der Waals surface area contributed by atoms with Gasteiger partial charge in [0.15, 0.2) is 0 Å². The van der Waals surface area contributed by atoms with Crippen molar-refractivity contribution in [3.8, 4) is 5.75 Å². The maximum absolute atomic E-state index is 13.6. The standard InChI is InChI=1S/C14H10Br3FO/c15-7-9-5-12(17)2-4-14(9)19-8-10-6-11(16)1-3-13(10)18/h1-6H,7-8H2. The molecule has 0 radical (unpaired) electrons. The van der Waals surface area contributed by atoms with E-state index in [0.717, 1.165) is 20.3 Å². The lowest BCUT2D eigenvalue weighted by molar-refractivity contribution is 0.297. The summed E-state index contributed by atoms with van der Waals surface area (Å²) < 4.78 is 21.1. The normalized spacial score (nSPS) is 10.5. The van der Waals surface area contributed by atoms with Gasteiger partial charge in [0, 0.05) is 25.4 Å². The van der Waals surface area contributed by atoms with E-state index in [1.165, 1.54) is 6.07 Å². The van der Waals surface area contributed by atoms with Crippen LogP contribution in [0.3, 0.4) is 0 Å². The van der Waals surface area contributed by atoms with Gasteiger partial charge in [0.25, 0.3) is 0 Å². The van der Waals surface area contributed by atoms with Gasteiger partial charge in [-0.15, -0.1) is 0 Å². The first-order valence-electron chi connectivity index (χ1n) is 5.51. The van der Waals surface area contributed by atoms with Crippen LogP contribution in [-0.4, -0.2) is 0 Å². The largest absolute Gasteiger partial charge is 0.488 e. The predicted octanol–water partition coefficient (Wildman–Crippen LogP) is 5.82. The van der Waals surface area contributed by atoms with E-state index in [0.29, 0.717) is 10.9 Å². The van der Waals surface area contributed by atoms with Gasteiger partial charge in [-0.1, -0.05) is 47.8 Å². The lowest BCUT2D eigenvalue weighted by atomic mass is 10.2. The molecule has 0 aromatic heterocycles. The maximum atomic E-state index is 13.6. The van der Waals surface area contributed by atoms with Crippen molar-refractivity contribution in [1.29, 1.82) is 0 Å². The molecule has 0 fully saturated rings. The molecule has 2 aromatic carbocycles. The fourth-order valence-electron chi connectivity index (χ4n) is 1.60. The van der Waals surface area contributed by atoms with Crippen LogP contribution in [0.15, 0.2) is 45.3 Å². The van der Waals surface area contributed by atoms with Crippen LogP contribution < -0.4 is 4.74 Å². The average molecular weight is 453 g/mol. The summed E-state index contributed by atoms with van der Waals surface area (Å²) in [5.74, 6) is 0.486. The molecule has 0 saturated heterocycles. The van der Waals surface area contributed by atoms with Crippen molar-refractivity contribution in [1.82, 2.24) is 0 Å². The van der Waals surface area contributed by atoms with Gasteiger partial charge in [0.2, 0.25) is 0 Å². The second kappa shape index (κ2) is 6.86. The quantitative estimate of drug-likeness (QED) is 0.531. The number of ether oxygens (including phenoxy) is 1. The number of benzene rings is 2. The summed E-state index contributed by atoms with van der Waals surface area (Å²) in [6, 6.07) is 10.6. The average Bonchev–Trinajstić information content (AvgIpc) is 2.40. The van der Waals surface area contributed by atoms with Crippen LogP contribution >= 0.6 is 47.8 Å². The maximum Gasteiger partial charge on any atom is 0.129 e. The zero-order valence-electron chi connectivity index (χ0n) is 9.80. The number of rotatable bonds is 4. The van der Waals surface area contributed by atoms with E-state index in [-0.39, 0.29) is 12.4 Å². The van der Waals surface area contributed by atoms with Crippen molar-refractivity contribution >= 4 is 47.8 Å². The highest BCUT2D eigenvalue weighted by molar-refractivity contribution is 9.10. The van der Waals surface area contributed by atoms with E-state index in [9.17, 15) is 4.39 Å². The summed E-state index contributed by atoms with van der Waals surface area (Å²) in [5, 5.41) is 0.683. The Morgan fingerprint density at radius 2 is 1.58 bits per heavy atom. The monoisotopic (exact) mass is 450 g/mol. The Bertz CT molecular complexity index is 587. The number of alkyl halides is 1. The molecule has 0 atom stereocenters. The van der Waals surface area contributed by atoms with Crippen LogP contribution in [0.1, 0.15) is 11.1 Å². The summed E-state index contributed by atoms with van der Waals surface area (Å²) in [4.78, 5) is 0. The SMILES string of the molecule is Fc1ccc(Br)cc1COc1ccc(Br)cc1CBr. The van der Waals surface area contributed by atoms with Crippen LogP contribution in [0, 0.1) is 5.82 Å². The molecule has 100 valence electrons. The van der Waals surface area contributed by atoms with E-state index in [2.05, 4.69) is 47.8 Å². The molecule has 0 N–H and O–H groups in total. The van der Waals surface area contributed by atoms with E-state index in [4.69, 9.17) is 4.74 Å². The minimum atomic E-state index is -0.263. The molecule has 0 unspecified atom stereocenters. The molecule has 2 rings (SSSR count). The first-order valence-corrected chi connectivity index (χ1v) is 8.22. The van der Waals surface area contributed by atoms with Gasteiger partial charge in [0.05, 0.1) is 0 Å². The van der Waals surface area contributed by atoms with Crippen molar-refractivity contribution in [3.63, 3.8) is 0 Å². The molecule has 2 aromatic rings. The number of halogens is 4. The van der Waals surface area contributed by atoms with Crippen molar-refractivity contribution < 1.29 is 9.13 Å². The summed E-state index contributed by atoms with van der Waals surface area (Å²) >= 11 is 10.1. The van der Waals surface area contributed by atoms with E-state index < -0.39 is 0 Å². The molecule has 5 heteroatoms. The smallest absolute Gasteiger partial charge is 0.129 e. The Labute approximate surface area is 136 Å². The van der Waals surface area contributed by atoms with Gasteiger partial charge in [-0.3, -0.25) is 0 Å². The summed E-state index contributed by atoms with van der Waals surface area (Å²) in [5.41, 5.74) is 1.54. The first kappa shape index (κ1) is 15.0. The van der Waals surface area contributed by atoms with Crippen molar-refractivity contribution in [2.24, 2.45) is 0 Å². The van der Waals surface area contributed by atoms with E-state index in [1.807, 2.05) is 18.2 Å². The Morgan fingerprint density at radius 3 is 2.26 bits per heavy atom. The molecule has 0 amide bonds. The van der Waals surface area contributed by atoms with Crippen LogP contribution in [0.4, 0.5) is 4.39 Å². The van der Waals surface area contributed by atoms with Crippen LogP contribution in [0.5, 0.6) is 5.75 Å². The second-order valence-electron chi connectivity index (χ2n) is 3.91. The van der Waals surface area contributed by atoms with Gasteiger partial charge >= 0.3 is 0 Å². The minimum absolute atomic E-state index is 0.201. The van der Waals surface area contributed by atoms with E-state index in [1.54, 1.807) is 12.1 Å². The molecule has 0 aliphatic rings. The lowest BCUT2D eigenvalue weighted by Gasteiger charge is -2.11. The molecule has 0 aliphatic carbocycles. The molecule has 1 nitrogen and oxygen atoms in total. The molecular formula is C14H10Br3FO. The Balaban J connectivity index is 2.16. The zero-order valence-corrected chi connectivity index (χ0v) is 14.6. The molecule has 0 spiro atoms. The molecule has 19 heavy (non-hydrogen) atoms. The van der Waals surface area contributed by atoms with Crippen molar-refractivity contribution in [2.75, 3.05) is 0 Å². The molecule has 0 bridgehead atoms. The number of hydrogen-bond donors (Lipinski definition) is 0. The fourth-order valence-corrected chi connectivity index (χ4v) is 2.86. The van der Waals surface area contributed by atoms with Gasteiger partial charge in [0.1, 0.15) is 18.2 Å². The molecule has 0 heterocycles. The molecular weight excluding hydrogens is 443 g/mol. The lowest BCUT2D eigenvalue weighted by Crippen LogP contribution is -2.00. The summed E-state index contributed by atoms with van der Waals surface area (Å²) in [6.07, 6.45) is 0. The highest BCUT2D eigenvalue weighted by Gasteiger charge is 2.07. The number of hydrogen-bond acceptors (Lipinski definition) is 1. The minimum Gasteiger partial charge on any atom is -0.488 e. The van der Waals surface area contributed by atoms with Gasteiger partial charge in [-0.05, 0) is 36.4 Å². The van der Waals surface area contributed by atoms with Gasteiger partial charge in [-0.2, -0.15) is 0 Å². The third-order valence-electron chi connectivity index (χ3n) is 2.56. The van der Waals surface area contributed by atoms with Crippen molar-refractivity contribution in [2.45, 2.75) is 11.9 Å². The Hall–Kier alpha value is -0.390. The third-order valence-corrected chi connectivity index (χ3v) is 4.15. The van der Waals surface area contributed by atoms with Crippen molar-refractivity contribution in [3.05, 3.63) is 62.3 Å². The highest BCUT2D eigenvalue weighted by atomic mass is 79.9. The third kappa shape index (κ3) is 4.04. The second-order valence-corrected chi connectivity index (χ2v) is 6.30. The van der Waals surface area contributed by atoms with E-state index >= 15 is 0 Å². The van der Waals surface area contributed by atoms with Gasteiger partial charge < -0.3 is 4.74 Å². The summed E-state index contributed by atoms with van der Waals surface area (Å²) in [7, 11) is 0. The fraction of sp³-hybridized carbons (Fsp3) is 0.143. The molecule has 0 aliphatic heterocycles. The van der Waals surface area contributed by atoms with Crippen LogP contribution in [-0.2, 0) is 11.9 Å². The Kier molecular flexibility index (Phi) is 5.42. The zero-order chi connectivity index (χ0) is 13.8.